The summed E-state index contributed by atoms with van der Waals surface area (Å²) in [7, 11) is 2.49. The average molecular weight is 352 g/mol. The first-order valence-electron chi connectivity index (χ1n) is 5.15. The normalized spacial score (nSPS) is 10.6. The first-order valence-corrected chi connectivity index (χ1v) is 7.24. The van der Waals surface area contributed by atoms with Gasteiger partial charge in [-0.25, -0.2) is 0 Å². The van der Waals surface area contributed by atoms with Gasteiger partial charge in [0.2, 0.25) is 0 Å². The SMILES string of the molecule is O=C(c1ccccc1P)c1c(Cl)c(Cl)cc(Cl)c1Cl. The zero-order valence-corrected chi connectivity index (χ0v) is 13.6. The minimum absolute atomic E-state index is 0.106. The Bertz CT molecular complexity index is 644. The van der Waals surface area contributed by atoms with Crippen molar-refractivity contribution in [3.63, 3.8) is 0 Å². The Labute approximate surface area is 133 Å². The van der Waals surface area contributed by atoms with Crippen LogP contribution in [0.2, 0.25) is 20.1 Å². The molecule has 1 atom stereocenters. The molecular weight excluding hydrogens is 345 g/mol. The molecule has 1 nitrogen and oxygen atoms in total. The summed E-state index contributed by atoms with van der Waals surface area (Å²) in [6, 6.07) is 8.48. The predicted molar refractivity (Wildman–Crippen MR) is 85.7 cm³/mol. The topological polar surface area (TPSA) is 17.1 Å². The molecule has 2 aromatic carbocycles. The van der Waals surface area contributed by atoms with Crippen LogP contribution in [0.4, 0.5) is 0 Å². The minimum atomic E-state index is -0.315. The second-order valence-electron chi connectivity index (χ2n) is 3.76. The third-order valence-corrected chi connectivity index (χ3v) is 4.62. The third-order valence-electron chi connectivity index (χ3n) is 2.54. The summed E-state index contributed by atoms with van der Waals surface area (Å²) in [4.78, 5) is 12.5. The van der Waals surface area contributed by atoms with Gasteiger partial charge in [0.1, 0.15) is 0 Å². The van der Waals surface area contributed by atoms with Crippen LogP contribution in [-0.2, 0) is 0 Å². The second-order valence-corrected chi connectivity index (χ2v) is 5.95. The minimum Gasteiger partial charge on any atom is -0.288 e. The molecule has 0 amide bonds. The fourth-order valence-corrected chi connectivity index (χ4v) is 2.93. The lowest BCUT2D eigenvalue weighted by Crippen LogP contribution is -2.12. The highest BCUT2D eigenvalue weighted by molar-refractivity contribution is 7.27. The first-order chi connectivity index (χ1) is 8.93. The van der Waals surface area contributed by atoms with Crippen LogP contribution >= 0.6 is 55.6 Å². The van der Waals surface area contributed by atoms with Crippen LogP contribution in [0.5, 0.6) is 0 Å². The monoisotopic (exact) mass is 350 g/mol. The van der Waals surface area contributed by atoms with Crippen LogP contribution in [0.1, 0.15) is 15.9 Å². The van der Waals surface area contributed by atoms with Crippen molar-refractivity contribution in [3.8, 4) is 0 Å². The Hall–Kier alpha value is -0.300. The Morgan fingerprint density at radius 2 is 1.47 bits per heavy atom. The van der Waals surface area contributed by atoms with Crippen LogP contribution in [0.15, 0.2) is 30.3 Å². The van der Waals surface area contributed by atoms with Gasteiger partial charge in [-0.2, -0.15) is 0 Å². The molecule has 0 saturated heterocycles. The molecule has 0 aliphatic heterocycles. The van der Waals surface area contributed by atoms with Gasteiger partial charge in [0.05, 0.1) is 25.7 Å². The zero-order valence-electron chi connectivity index (χ0n) is 9.38. The lowest BCUT2D eigenvalue weighted by atomic mass is 10.0. The summed E-state index contributed by atoms with van der Waals surface area (Å²) in [6.45, 7) is 0. The van der Waals surface area contributed by atoms with E-state index in [0.29, 0.717) is 5.56 Å². The highest BCUT2D eigenvalue weighted by Crippen LogP contribution is 2.38. The second kappa shape index (κ2) is 5.99. The van der Waals surface area contributed by atoms with Gasteiger partial charge < -0.3 is 0 Å². The number of carbonyl (C=O) groups is 1. The molecule has 0 fully saturated rings. The third kappa shape index (κ3) is 2.91. The summed E-state index contributed by atoms with van der Waals surface area (Å²) in [5, 5.41) is 1.35. The van der Waals surface area contributed by atoms with Crippen molar-refractivity contribution < 1.29 is 4.79 Å². The summed E-state index contributed by atoms with van der Waals surface area (Å²) in [6.07, 6.45) is 0. The molecule has 0 aliphatic carbocycles. The van der Waals surface area contributed by atoms with Gasteiger partial charge >= 0.3 is 0 Å². The Morgan fingerprint density at radius 1 is 0.947 bits per heavy atom. The maximum Gasteiger partial charge on any atom is 0.196 e. The molecule has 0 spiro atoms. The van der Waals surface area contributed by atoms with Crippen molar-refractivity contribution in [1.82, 2.24) is 0 Å². The summed E-state index contributed by atoms with van der Waals surface area (Å²) in [5.41, 5.74) is 0.602. The van der Waals surface area contributed by atoms with E-state index in [2.05, 4.69) is 9.24 Å². The van der Waals surface area contributed by atoms with Crippen molar-refractivity contribution >= 4 is 66.7 Å². The van der Waals surface area contributed by atoms with Gasteiger partial charge in [0.15, 0.2) is 5.78 Å². The van der Waals surface area contributed by atoms with E-state index < -0.39 is 0 Å². The highest BCUT2D eigenvalue weighted by atomic mass is 35.5. The molecule has 0 N–H and O–H groups in total. The molecule has 0 aromatic heterocycles. The smallest absolute Gasteiger partial charge is 0.196 e. The number of halogens is 4. The Kier molecular flexibility index (Phi) is 4.76. The molecular formula is C13H7Cl4OP. The predicted octanol–water partition coefficient (Wildman–Crippen LogP) is 5.03. The van der Waals surface area contributed by atoms with Crippen LogP contribution in [0.25, 0.3) is 0 Å². The molecule has 0 radical (unpaired) electrons. The van der Waals surface area contributed by atoms with Crippen LogP contribution < -0.4 is 5.30 Å². The summed E-state index contributed by atoms with van der Waals surface area (Å²) < 4.78 is 0. The number of ketones is 1. The van der Waals surface area contributed by atoms with E-state index in [-0.39, 0.29) is 31.4 Å². The molecule has 6 heteroatoms. The fraction of sp³-hybridized carbons (Fsp3) is 0. The average Bonchev–Trinajstić information content (AvgIpc) is 2.37. The molecule has 1 unspecified atom stereocenters. The molecule has 2 aromatic rings. The zero-order chi connectivity index (χ0) is 14.2. The molecule has 0 saturated carbocycles. The van der Waals surface area contributed by atoms with E-state index in [4.69, 9.17) is 46.4 Å². The van der Waals surface area contributed by atoms with E-state index in [9.17, 15) is 4.79 Å². The van der Waals surface area contributed by atoms with Gasteiger partial charge in [0, 0.05) is 5.56 Å². The largest absolute Gasteiger partial charge is 0.288 e. The standard InChI is InChI=1S/C13H7Cl4OP/c14-7-5-8(15)12(17)10(11(7)16)13(18)6-3-1-2-4-9(6)19/h1-5H,19H2. The van der Waals surface area contributed by atoms with E-state index in [1.807, 2.05) is 6.07 Å². The van der Waals surface area contributed by atoms with E-state index in [1.54, 1.807) is 18.2 Å². The number of carbonyl (C=O) groups excluding carboxylic acids is 1. The molecule has 98 valence electrons. The van der Waals surface area contributed by atoms with Crippen molar-refractivity contribution in [2.24, 2.45) is 0 Å². The van der Waals surface area contributed by atoms with Gasteiger partial charge in [0.25, 0.3) is 0 Å². The molecule has 2 rings (SSSR count). The van der Waals surface area contributed by atoms with Gasteiger partial charge in [-0.15, -0.1) is 9.24 Å². The lowest BCUT2D eigenvalue weighted by molar-refractivity contribution is 0.104. The molecule has 0 bridgehead atoms. The van der Waals surface area contributed by atoms with Crippen molar-refractivity contribution in [3.05, 3.63) is 61.5 Å². The number of benzene rings is 2. The number of rotatable bonds is 2. The maximum atomic E-state index is 12.5. The van der Waals surface area contributed by atoms with Crippen LogP contribution in [0.3, 0.4) is 0 Å². The van der Waals surface area contributed by atoms with E-state index in [1.165, 1.54) is 6.07 Å². The quantitative estimate of drug-likeness (QED) is 0.421. The lowest BCUT2D eigenvalue weighted by Gasteiger charge is -2.10. The Balaban J connectivity index is 2.67. The highest BCUT2D eigenvalue weighted by Gasteiger charge is 2.22. The van der Waals surface area contributed by atoms with Crippen molar-refractivity contribution in [2.45, 2.75) is 0 Å². The van der Waals surface area contributed by atoms with Crippen molar-refractivity contribution in [2.75, 3.05) is 0 Å². The van der Waals surface area contributed by atoms with Gasteiger partial charge in [-0.3, -0.25) is 4.79 Å². The number of hydrogen-bond donors (Lipinski definition) is 0. The van der Waals surface area contributed by atoms with E-state index in [0.717, 1.165) is 5.30 Å². The molecule has 19 heavy (non-hydrogen) atoms. The van der Waals surface area contributed by atoms with Crippen LogP contribution in [0, 0.1) is 0 Å². The molecule has 0 aliphatic rings. The fourth-order valence-electron chi connectivity index (χ4n) is 1.61. The van der Waals surface area contributed by atoms with E-state index >= 15 is 0 Å². The summed E-state index contributed by atoms with van der Waals surface area (Å²) in [5.74, 6) is -0.315. The van der Waals surface area contributed by atoms with Crippen LogP contribution in [-0.4, -0.2) is 5.78 Å². The van der Waals surface area contributed by atoms with Gasteiger partial charge in [-0.1, -0.05) is 70.7 Å². The Morgan fingerprint density at radius 3 is 2.00 bits per heavy atom. The number of hydrogen-bond acceptors (Lipinski definition) is 1. The maximum absolute atomic E-state index is 12.5. The van der Waals surface area contributed by atoms with Crippen molar-refractivity contribution in [1.29, 1.82) is 0 Å². The van der Waals surface area contributed by atoms with Gasteiger partial charge in [-0.05, 0) is 11.4 Å². The molecule has 0 heterocycles. The summed E-state index contributed by atoms with van der Waals surface area (Å²) >= 11 is 24.0. The first kappa shape index (κ1) is 15.1.